The third-order valence-corrected chi connectivity index (χ3v) is 5.91. The van der Waals surface area contributed by atoms with Gasteiger partial charge in [-0.25, -0.2) is 5.48 Å². The molecule has 6 nitrogen and oxygen atoms in total. The van der Waals surface area contributed by atoms with Crippen LogP contribution in [0, 0.1) is 0 Å². The zero-order chi connectivity index (χ0) is 23.4. The van der Waals surface area contributed by atoms with Gasteiger partial charge in [0.25, 0.3) is 11.8 Å². The third-order valence-electron chi connectivity index (χ3n) is 5.91. The number of rotatable bonds is 5. The van der Waals surface area contributed by atoms with Gasteiger partial charge in [-0.3, -0.25) is 14.8 Å². The van der Waals surface area contributed by atoms with Crippen LogP contribution in [0.25, 0.3) is 11.6 Å². The van der Waals surface area contributed by atoms with Crippen LogP contribution in [0.1, 0.15) is 32.6 Å². The van der Waals surface area contributed by atoms with Gasteiger partial charge in [0, 0.05) is 44.0 Å². The largest absolute Gasteiger partial charge is 0.378 e. The number of carbonyl (C=O) groups is 2. The maximum atomic E-state index is 13.7. The van der Waals surface area contributed by atoms with E-state index in [1.54, 1.807) is 17.6 Å². The van der Waals surface area contributed by atoms with Gasteiger partial charge in [-0.05, 0) is 59.0 Å². The van der Waals surface area contributed by atoms with Gasteiger partial charge in [0.2, 0.25) is 0 Å². The van der Waals surface area contributed by atoms with Crippen LogP contribution in [0.4, 0.5) is 5.69 Å². The molecule has 1 aliphatic rings. The molecule has 0 fully saturated rings. The summed E-state index contributed by atoms with van der Waals surface area (Å²) in [7, 11) is 3.97. The lowest BCUT2D eigenvalue weighted by atomic mass is 9.95. The summed E-state index contributed by atoms with van der Waals surface area (Å²) in [5, 5.41) is 8.95. The average Bonchev–Trinajstić information content (AvgIpc) is 2.86. The highest BCUT2D eigenvalue weighted by atomic mass is 16.5. The van der Waals surface area contributed by atoms with E-state index in [0.29, 0.717) is 30.6 Å². The standard InChI is InChI=1S/C27H27N3O3/c1-29(2)24-12-10-21(11-13-24)25(16-19-6-4-3-5-7-19)27(32)30-15-14-20-8-9-22(26(31)28-33)17-23(20)18-30/h3-13,16-17,33H,14-15,18H2,1-2H3,(H,28,31)/b25-16-. The van der Waals surface area contributed by atoms with E-state index in [2.05, 4.69) is 0 Å². The number of amides is 2. The molecule has 0 saturated heterocycles. The molecule has 0 aromatic heterocycles. The first kappa shape index (κ1) is 22.3. The molecule has 33 heavy (non-hydrogen) atoms. The van der Waals surface area contributed by atoms with E-state index in [-0.39, 0.29) is 5.91 Å². The fourth-order valence-electron chi connectivity index (χ4n) is 4.03. The maximum Gasteiger partial charge on any atom is 0.274 e. The number of hydrogen-bond donors (Lipinski definition) is 2. The number of nitrogens with one attached hydrogen (secondary N) is 1. The van der Waals surface area contributed by atoms with Gasteiger partial charge in [0.15, 0.2) is 0 Å². The lowest BCUT2D eigenvalue weighted by molar-refractivity contribution is -0.125. The second-order valence-corrected chi connectivity index (χ2v) is 8.31. The minimum atomic E-state index is -0.563. The van der Waals surface area contributed by atoms with Crippen LogP contribution in [0.2, 0.25) is 0 Å². The van der Waals surface area contributed by atoms with Gasteiger partial charge < -0.3 is 9.80 Å². The van der Waals surface area contributed by atoms with E-state index in [1.807, 2.05) is 90.6 Å². The van der Waals surface area contributed by atoms with Crippen LogP contribution in [-0.2, 0) is 17.8 Å². The topological polar surface area (TPSA) is 72.9 Å². The van der Waals surface area contributed by atoms with Crippen molar-refractivity contribution in [2.75, 3.05) is 25.5 Å². The number of hydroxylamine groups is 1. The highest BCUT2D eigenvalue weighted by molar-refractivity contribution is 6.24. The number of nitrogens with zero attached hydrogens (tertiary/aromatic N) is 2. The van der Waals surface area contributed by atoms with Crippen molar-refractivity contribution in [3.8, 4) is 0 Å². The molecule has 3 aromatic rings. The van der Waals surface area contributed by atoms with E-state index in [9.17, 15) is 9.59 Å². The van der Waals surface area contributed by atoms with Crippen LogP contribution < -0.4 is 10.4 Å². The van der Waals surface area contributed by atoms with Crippen molar-refractivity contribution in [3.63, 3.8) is 0 Å². The monoisotopic (exact) mass is 441 g/mol. The molecule has 2 N–H and O–H groups in total. The summed E-state index contributed by atoms with van der Waals surface area (Å²) < 4.78 is 0. The summed E-state index contributed by atoms with van der Waals surface area (Å²) in [6.07, 6.45) is 2.64. The molecule has 3 aromatic carbocycles. The lowest BCUT2D eigenvalue weighted by Gasteiger charge is -2.30. The molecule has 168 valence electrons. The Labute approximate surface area is 193 Å². The van der Waals surface area contributed by atoms with Crippen molar-refractivity contribution in [2.24, 2.45) is 0 Å². The van der Waals surface area contributed by atoms with Gasteiger partial charge in [0.1, 0.15) is 0 Å². The fraction of sp³-hybridized carbons (Fsp3) is 0.185. The quantitative estimate of drug-likeness (QED) is 0.272. The molecule has 0 spiro atoms. The molecule has 0 atom stereocenters. The van der Waals surface area contributed by atoms with E-state index in [1.165, 1.54) is 0 Å². The summed E-state index contributed by atoms with van der Waals surface area (Å²) in [6.45, 7) is 1.00. The zero-order valence-corrected chi connectivity index (χ0v) is 18.8. The minimum absolute atomic E-state index is 0.0564. The summed E-state index contributed by atoms with van der Waals surface area (Å²) >= 11 is 0. The van der Waals surface area contributed by atoms with Crippen molar-refractivity contribution >= 4 is 29.2 Å². The number of carbonyl (C=O) groups excluding carboxylic acids is 2. The second kappa shape index (κ2) is 9.71. The van der Waals surface area contributed by atoms with E-state index >= 15 is 0 Å². The van der Waals surface area contributed by atoms with Crippen molar-refractivity contribution in [2.45, 2.75) is 13.0 Å². The average molecular weight is 442 g/mol. The summed E-state index contributed by atoms with van der Waals surface area (Å²) in [5.41, 5.74) is 7.56. The highest BCUT2D eigenvalue weighted by Gasteiger charge is 2.25. The van der Waals surface area contributed by atoms with Crippen molar-refractivity contribution < 1.29 is 14.8 Å². The van der Waals surface area contributed by atoms with E-state index < -0.39 is 5.91 Å². The van der Waals surface area contributed by atoms with Crippen LogP contribution in [0.3, 0.4) is 0 Å². The van der Waals surface area contributed by atoms with Gasteiger partial charge in [-0.1, -0.05) is 48.5 Å². The zero-order valence-electron chi connectivity index (χ0n) is 18.8. The third kappa shape index (κ3) is 4.96. The van der Waals surface area contributed by atoms with E-state index in [0.717, 1.165) is 27.9 Å². The Balaban J connectivity index is 1.67. The van der Waals surface area contributed by atoms with E-state index in [4.69, 9.17) is 5.21 Å². The van der Waals surface area contributed by atoms with Crippen molar-refractivity contribution in [1.29, 1.82) is 0 Å². The predicted octanol–water partition coefficient (Wildman–Crippen LogP) is 4.00. The van der Waals surface area contributed by atoms with Crippen LogP contribution in [-0.4, -0.2) is 42.6 Å². The molecule has 0 bridgehead atoms. The number of hydrogen-bond acceptors (Lipinski definition) is 4. The SMILES string of the molecule is CN(C)c1ccc(/C(=C/c2ccccc2)C(=O)N2CCc3ccc(C(=O)NO)cc3C2)cc1. The fourth-order valence-corrected chi connectivity index (χ4v) is 4.03. The molecule has 0 saturated carbocycles. The molecular formula is C27H27N3O3. The van der Waals surface area contributed by atoms with Crippen molar-refractivity contribution in [3.05, 3.63) is 101 Å². The Hall–Kier alpha value is -3.90. The summed E-state index contributed by atoms with van der Waals surface area (Å²) in [6, 6.07) is 23.1. The second-order valence-electron chi connectivity index (χ2n) is 8.31. The Kier molecular flexibility index (Phi) is 6.56. The first-order valence-corrected chi connectivity index (χ1v) is 10.9. The Morgan fingerprint density at radius 3 is 2.30 bits per heavy atom. The molecule has 0 aliphatic carbocycles. The molecule has 6 heteroatoms. The Morgan fingerprint density at radius 2 is 1.64 bits per heavy atom. The van der Waals surface area contributed by atoms with Crippen LogP contribution in [0.5, 0.6) is 0 Å². The normalized spacial score (nSPS) is 13.3. The summed E-state index contributed by atoms with van der Waals surface area (Å²) in [5.74, 6) is -0.619. The van der Waals surface area contributed by atoms with Gasteiger partial charge in [-0.2, -0.15) is 0 Å². The smallest absolute Gasteiger partial charge is 0.274 e. The summed E-state index contributed by atoms with van der Waals surface area (Å²) in [4.78, 5) is 29.4. The first-order valence-electron chi connectivity index (χ1n) is 10.9. The number of fused-ring (bicyclic) bond motifs is 1. The van der Waals surface area contributed by atoms with Crippen LogP contribution >= 0.6 is 0 Å². The van der Waals surface area contributed by atoms with Gasteiger partial charge in [-0.15, -0.1) is 0 Å². The maximum absolute atomic E-state index is 13.7. The molecule has 1 heterocycles. The molecule has 0 unspecified atom stereocenters. The molecule has 1 aliphatic heterocycles. The molecule has 2 amide bonds. The lowest BCUT2D eigenvalue weighted by Crippen LogP contribution is -2.36. The highest BCUT2D eigenvalue weighted by Crippen LogP contribution is 2.27. The number of benzene rings is 3. The van der Waals surface area contributed by atoms with Crippen molar-refractivity contribution in [1.82, 2.24) is 10.4 Å². The van der Waals surface area contributed by atoms with Gasteiger partial charge in [0.05, 0.1) is 0 Å². The van der Waals surface area contributed by atoms with Crippen LogP contribution in [0.15, 0.2) is 72.8 Å². The minimum Gasteiger partial charge on any atom is -0.378 e. The molecular weight excluding hydrogens is 414 g/mol. The Morgan fingerprint density at radius 1 is 0.939 bits per heavy atom. The number of anilines is 1. The van der Waals surface area contributed by atoms with Gasteiger partial charge >= 0.3 is 0 Å². The predicted molar refractivity (Wildman–Crippen MR) is 130 cm³/mol. The first-order chi connectivity index (χ1) is 16.0. The molecule has 0 radical (unpaired) electrons. The molecule has 4 rings (SSSR count). The Bertz CT molecular complexity index is 1180.